The van der Waals surface area contributed by atoms with Gasteiger partial charge in [0.05, 0.1) is 5.69 Å². The smallest absolute Gasteiger partial charge is 0.332 e. The minimum Gasteiger partial charge on any atom is -0.508 e. The summed E-state index contributed by atoms with van der Waals surface area (Å²) in [6, 6.07) is 13.3. The van der Waals surface area contributed by atoms with Crippen LogP contribution in [-0.4, -0.2) is 22.8 Å². The van der Waals surface area contributed by atoms with E-state index in [9.17, 15) is 15.0 Å². The van der Waals surface area contributed by atoms with Crippen molar-refractivity contribution < 1.29 is 15.0 Å². The molecule has 5 nitrogen and oxygen atoms in total. The lowest BCUT2D eigenvalue weighted by Gasteiger charge is -2.17. The summed E-state index contributed by atoms with van der Waals surface area (Å²) in [7, 11) is 0. The van der Waals surface area contributed by atoms with Gasteiger partial charge in [0.25, 0.3) is 0 Å². The van der Waals surface area contributed by atoms with Gasteiger partial charge in [0.2, 0.25) is 0 Å². The van der Waals surface area contributed by atoms with Gasteiger partial charge < -0.3 is 15.5 Å². The van der Waals surface area contributed by atoms with E-state index in [2.05, 4.69) is 18.1 Å². The van der Waals surface area contributed by atoms with Crippen LogP contribution in [0.25, 0.3) is 0 Å². The zero-order valence-corrected chi connectivity index (χ0v) is 12.1. The van der Waals surface area contributed by atoms with Crippen molar-refractivity contribution in [2.24, 2.45) is 0 Å². The lowest BCUT2D eigenvalue weighted by Crippen LogP contribution is -2.35. The maximum absolute atomic E-state index is 11.9. The summed E-state index contributed by atoms with van der Waals surface area (Å²) < 4.78 is 1.000. The number of hydrogen-bond donors (Lipinski definition) is 4. The Hall–Kier alpha value is -2.34. The Morgan fingerprint density at radius 1 is 1.14 bits per heavy atom. The summed E-state index contributed by atoms with van der Waals surface area (Å²) >= 11 is 4.06. The van der Waals surface area contributed by atoms with Crippen molar-refractivity contribution in [3.8, 4) is 11.5 Å². The number of benzene rings is 2. The molecule has 3 N–H and O–H groups in total. The van der Waals surface area contributed by atoms with Crippen molar-refractivity contribution in [3.63, 3.8) is 0 Å². The number of nitrogens with one attached hydrogen (secondary N) is 1. The molecule has 0 aromatic heterocycles. The summed E-state index contributed by atoms with van der Waals surface area (Å²) in [4.78, 5) is 11.9. The number of nitrogens with zero attached hydrogens (tertiary/aromatic N) is 1. The third kappa shape index (κ3) is 4.06. The average Bonchev–Trinajstić information content (AvgIpc) is 2.47. The molecule has 6 heteroatoms. The number of aromatic hydroxyl groups is 2. The summed E-state index contributed by atoms with van der Waals surface area (Å²) in [6.07, 6.45) is 0.704. The highest BCUT2D eigenvalue weighted by molar-refractivity contribution is 7.82. The minimum atomic E-state index is -0.449. The van der Waals surface area contributed by atoms with Crippen LogP contribution >= 0.6 is 12.8 Å². The fraction of sp³-hybridized carbons (Fsp3) is 0.133. The summed E-state index contributed by atoms with van der Waals surface area (Å²) in [5.41, 5.74) is 1.32. The Balaban J connectivity index is 1.90. The molecule has 2 aromatic carbocycles. The van der Waals surface area contributed by atoms with Crippen LogP contribution in [0.3, 0.4) is 0 Å². The van der Waals surface area contributed by atoms with Gasteiger partial charge in [-0.1, -0.05) is 43.1 Å². The van der Waals surface area contributed by atoms with Crippen LogP contribution in [0.2, 0.25) is 0 Å². The normalized spacial score (nSPS) is 10.1. The Labute approximate surface area is 128 Å². The van der Waals surface area contributed by atoms with Gasteiger partial charge in [-0.25, -0.2) is 9.10 Å². The molecular formula is C15H16N2O3S. The number of phenols is 2. The Morgan fingerprint density at radius 3 is 2.52 bits per heavy atom. The van der Waals surface area contributed by atoms with Gasteiger partial charge >= 0.3 is 6.03 Å². The molecule has 0 aliphatic carbocycles. The van der Waals surface area contributed by atoms with E-state index in [1.807, 2.05) is 30.3 Å². The molecule has 0 spiro atoms. The van der Waals surface area contributed by atoms with E-state index in [0.29, 0.717) is 13.0 Å². The van der Waals surface area contributed by atoms with Crippen LogP contribution in [0.15, 0.2) is 48.5 Å². The van der Waals surface area contributed by atoms with Gasteiger partial charge in [-0.2, -0.15) is 0 Å². The van der Waals surface area contributed by atoms with Crippen LogP contribution in [0.1, 0.15) is 5.56 Å². The van der Waals surface area contributed by atoms with Crippen molar-refractivity contribution in [3.05, 3.63) is 54.1 Å². The molecule has 2 aromatic rings. The molecule has 0 saturated carbocycles. The SMILES string of the molecule is O=C(NCCc1ccccc1)N(S)c1ccc(O)cc1O. The lowest BCUT2D eigenvalue weighted by molar-refractivity contribution is 0.250. The molecular weight excluding hydrogens is 288 g/mol. The quantitative estimate of drug-likeness (QED) is 0.656. The highest BCUT2D eigenvalue weighted by Gasteiger charge is 2.15. The van der Waals surface area contributed by atoms with E-state index < -0.39 is 6.03 Å². The number of urea groups is 1. The second-order valence-electron chi connectivity index (χ2n) is 4.45. The maximum Gasteiger partial charge on any atom is 0.332 e. The monoisotopic (exact) mass is 304 g/mol. The molecule has 0 fully saturated rings. The van der Waals surface area contributed by atoms with E-state index in [1.54, 1.807) is 0 Å². The number of anilines is 1. The van der Waals surface area contributed by atoms with E-state index in [1.165, 1.54) is 12.1 Å². The number of phenolic OH excluding ortho intramolecular Hbond substituents is 2. The van der Waals surface area contributed by atoms with Gasteiger partial charge in [0, 0.05) is 12.6 Å². The van der Waals surface area contributed by atoms with Gasteiger partial charge in [-0.05, 0) is 24.1 Å². The predicted molar refractivity (Wildman–Crippen MR) is 84.8 cm³/mol. The molecule has 0 bridgehead atoms. The van der Waals surface area contributed by atoms with E-state index >= 15 is 0 Å². The van der Waals surface area contributed by atoms with Gasteiger partial charge in [0.1, 0.15) is 11.5 Å². The van der Waals surface area contributed by atoms with Gasteiger partial charge in [0.15, 0.2) is 0 Å². The second kappa shape index (κ2) is 6.90. The third-order valence-electron chi connectivity index (χ3n) is 2.91. The molecule has 110 valence electrons. The topological polar surface area (TPSA) is 72.8 Å². The fourth-order valence-corrected chi connectivity index (χ4v) is 2.07. The van der Waals surface area contributed by atoms with Crippen LogP contribution < -0.4 is 9.62 Å². The van der Waals surface area contributed by atoms with Gasteiger partial charge in [-0.3, -0.25) is 0 Å². The molecule has 2 amide bonds. The lowest BCUT2D eigenvalue weighted by atomic mass is 10.1. The number of carbonyl (C=O) groups excluding carboxylic acids is 1. The molecule has 0 aliphatic heterocycles. The predicted octanol–water partition coefficient (Wildman–Crippen LogP) is 2.70. The highest BCUT2D eigenvalue weighted by Crippen LogP contribution is 2.31. The van der Waals surface area contributed by atoms with Crippen LogP contribution in [-0.2, 0) is 6.42 Å². The summed E-state index contributed by atoms with van der Waals surface area (Å²) in [5, 5.41) is 21.6. The van der Waals surface area contributed by atoms with Crippen LogP contribution in [0.4, 0.5) is 10.5 Å². The fourth-order valence-electron chi connectivity index (χ4n) is 1.83. The molecule has 0 saturated heterocycles. The first-order valence-corrected chi connectivity index (χ1v) is 6.80. The zero-order chi connectivity index (χ0) is 15.2. The number of thiol groups is 1. The Morgan fingerprint density at radius 2 is 1.86 bits per heavy atom. The number of rotatable bonds is 4. The first-order chi connectivity index (χ1) is 10.1. The van der Waals surface area contributed by atoms with Crippen LogP contribution in [0, 0.1) is 0 Å². The van der Waals surface area contributed by atoms with Crippen LogP contribution in [0.5, 0.6) is 11.5 Å². The molecule has 21 heavy (non-hydrogen) atoms. The Kier molecular flexibility index (Phi) is 4.94. The molecule has 0 radical (unpaired) electrons. The molecule has 0 aliphatic rings. The summed E-state index contributed by atoms with van der Waals surface area (Å²) in [6.45, 7) is 0.457. The second-order valence-corrected chi connectivity index (χ2v) is 4.85. The third-order valence-corrected chi connectivity index (χ3v) is 3.31. The molecule has 0 atom stereocenters. The molecule has 0 heterocycles. The van der Waals surface area contributed by atoms with Crippen molar-refractivity contribution in [1.82, 2.24) is 5.32 Å². The number of carbonyl (C=O) groups is 1. The zero-order valence-electron chi connectivity index (χ0n) is 11.2. The van der Waals surface area contributed by atoms with Crippen molar-refractivity contribution in [1.29, 1.82) is 0 Å². The first-order valence-electron chi connectivity index (χ1n) is 6.40. The standard InChI is InChI=1S/C15H16N2O3S/c18-12-6-7-13(14(19)10-12)17(21)15(20)16-9-8-11-4-2-1-3-5-11/h1-7,10,18-19,21H,8-9H2,(H,16,20). The van der Waals surface area contributed by atoms with E-state index in [0.717, 1.165) is 15.9 Å². The average molecular weight is 304 g/mol. The minimum absolute atomic E-state index is 0.0810. The number of amides is 2. The van der Waals surface area contributed by atoms with Crippen molar-refractivity contribution in [2.45, 2.75) is 6.42 Å². The van der Waals surface area contributed by atoms with Crippen molar-refractivity contribution in [2.75, 3.05) is 10.8 Å². The van der Waals surface area contributed by atoms with E-state index in [-0.39, 0.29) is 17.2 Å². The summed E-state index contributed by atoms with van der Waals surface area (Å²) in [5.74, 6) is -0.300. The molecule has 2 rings (SSSR count). The highest BCUT2D eigenvalue weighted by atomic mass is 32.1. The number of hydrogen-bond acceptors (Lipinski definition) is 4. The van der Waals surface area contributed by atoms with Gasteiger partial charge in [-0.15, -0.1) is 0 Å². The van der Waals surface area contributed by atoms with Crippen molar-refractivity contribution >= 4 is 24.5 Å². The van der Waals surface area contributed by atoms with E-state index in [4.69, 9.17) is 0 Å². The first kappa shape index (κ1) is 15.1. The largest absolute Gasteiger partial charge is 0.508 e. The maximum atomic E-state index is 11.9. The molecule has 0 unspecified atom stereocenters. The Bertz CT molecular complexity index is 620.